The Morgan fingerprint density at radius 1 is 1.55 bits per heavy atom. The summed E-state index contributed by atoms with van der Waals surface area (Å²) in [5.74, 6) is -0.640. The highest BCUT2D eigenvalue weighted by Gasteiger charge is 2.43. The van der Waals surface area contributed by atoms with Gasteiger partial charge in [0.2, 0.25) is 5.91 Å². The van der Waals surface area contributed by atoms with Gasteiger partial charge in [0.15, 0.2) is 0 Å². The molecule has 7 heteroatoms. The van der Waals surface area contributed by atoms with Gasteiger partial charge in [-0.25, -0.2) is 4.79 Å². The number of carbonyl (C=O) groups is 2. The van der Waals surface area contributed by atoms with E-state index in [1.807, 2.05) is 12.1 Å². The molecule has 2 rings (SSSR count). The van der Waals surface area contributed by atoms with Crippen molar-refractivity contribution in [2.75, 3.05) is 11.5 Å². The fraction of sp³-hybridized carbons (Fsp3) is 0.462. The van der Waals surface area contributed by atoms with Crippen LogP contribution < -0.4 is 0 Å². The van der Waals surface area contributed by atoms with E-state index >= 15 is 0 Å². The molecule has 0 aromatic carbocycles. The zero-order chi connectivity index (χ0) is 14.7. The molecule has 108 valence electrons. The van der Waals surface area contributed by atoms with Crippen LogP contribution in [0.4, 0.5) is 0 Å². The summed E-state index contributed by atoms with van der Waals surface area (Å²) in [7, 11) is 0. The molecule has 1 N–H and O–H groups in total. The second-order valence-electron chi connectivity index (χ2n) is 4.65. The number of rotatable bonds is 4. The number of thiol groups is 1. The fourth-order valence-electron chi connectivity index (χ4n) is 2.08. The highest BCUT2D eigenvalue weighted by Crippen LogP contribution is 2.42. The molecule has 1 aromatic heterocycles. The number of aromatic nitrogens is 1. The third kappa shape index (κ3) is 2.93. The molecule has 1 unspecified atom stereocenters. The van der Waals surface area contributed by atoms with Crippen LogP contribution in [0.2, 0.25) is 0 Å². The van der Waals surface area contributed by atoms with Crippen molar-refractivity contribution in [2.24, 2.45) is 5.92 Å². The predicted molar refractivity (Wildman–Crippen MR) is 80.7 cm³/mol. The Balaban J connectivity index is 2.32. The number of hydrogen-bond acceptors (Lipinski definition) is 5. The van der Waals surface area contributed by atoms with Crippen molar-refractivity contribution in [1.29, 1.82) is 0 Å². The quantitative estimate of drug-likeness (QED) is 0.828. The summed E-state index contributed by atoms with van der Waals surface area (Å²) >= 11 is 5.60. The highest BCUT2D eigenvalue weighted by atomic mass is 32.2. The monoisotopic (exact) mass is 312 g/mol. The normalized spacial score (nSPS) is 23.6. The fourth-order valence-corrected chi connectivity index (χ4v) is 3.67. The van der Waals surface area contributed by atoms with Crippen molar-refractivity contribution in [3.63, 3.8) is 0 Å². The van der Waals surface area contributed by atoms with Gasteiger partial charge in [-0.15, -0.1) is 11.8 Å². The Kier molecular flexibility index (Phi) is 4.93. The first-order chi connectivity index (χ1) is 9.56. The first-order valence-corrected chi connectivity index (χ1v) is 7.91. The van der Waals surface area contributed by atoms with Crippen molar-refractivity contribution in [2.45, 2.75) is 18.3 Å². The topological polar surface area (TPSA) is 70.5 Å². The Labute approximate surface area is 127 Å². The van der Waals surface area contributed by atoms with Gasteiger partial charge in [-0.1, -0.05) is 6.92 Å². The lowest BCUT2D eigenvalue weighted by atomic mass is 10.1. The van der Waals surface area contributed by atoms with Crippen LogP contribution >= 0.6 is 24.4 Å². The molecule has 1 fully saturated rings. The summed E-state index contributed by atoms with van der Waals surface area (Å²) in [6, 6.07) is 2.84. The summed E-state index contributed by atoms with van der Waals surface area (Å²) in [5, 5.41) is 9.04. The maximum Gasteiger partial charge on any atom is 0.327 e. The van der Waals surface area contributed by atoms with Gasteiger partial charge in [0.25, 0.3) is 0 Å². The number of amides is 1. The SMILES string of the molecule is C[C@H](CS)C(=O)N1C(c2ccncc2)SC[C@H]1C(=O)O. The number of aliphatic carboxylic acids is 1. The molecular weight excluding hydrogens is 296 g/mol. The van der Waals surface area contributed by atoms with E-state index in [4.69, 9.17) is 0 Å². The molecule has 20 heavy (non-hydrogen) atoms. The van der Waals surface area contributed by atoms with Crippen molar-refractivity contribution in [1.82, 2.24) is 9.88 Å². The van der Waals surface area contributed by atoms with E-state index < -0.39 is 12.0 Å². The van der Waals surface area contributed by atoms with E-state index in [0.717, 1.165) is 5.56 Å². The molecule has 2 heterocycles. The van der Waals surface area contributed by atoms with Crippen LogP contribution in [0, 0.1) is 5.92 Å². The van der Waals surface area contributed by atoms with Gasteiger partial charge in [0, 0.05) is 29.8 Å². The third-order valence-electron chi connectivity index (χ3n) is 3.23. The van der Waals surface area contributed by atoms with E-state index in [2.05, 4.69) is 17.6 Å². The molecule has 0 spiro atoms. The zero-order valence-electron chi connectivity index (χ0n) is 11.0. The minimum absolute atomic E-state index is 0.167. The molecule has 0 aliphatic carbocycles. The lowest BCUT2D eigenvalue weighted by Gasteiger charge is -2.29. The molecule has 1 aliphatic heterocycles. The number of nitrogens with zero attached hydrogens (tertiary/aromatic N) is 2. The van der Waals surface area contributed by atoms with E-state index in [1.54, 1.807) is 19.3 Å². The number of pyridine rings is 1. The van der Waals surface area contributed by atoms with Crippen LogP contribution in [-0.4, -0.2) is 44.4 Å². The van der Waals surface area contributed by atoms with E-state index in [1.165, 1.54) is 16.7 Å². The van der Waals surface area contributed by atoms with Crippen LogP contribution in [0.5, 0.6) is 0 Å². The Bertz CT molecular complexity index is 498. The van der Waals surface area contributed by atoms with Crippen LogP contribution in [0.15, 0.2) is 24.5 Å². The predicted octanol–water partition coefficient (Wildman–Crippen LogP) is 1.67. The van der Waals surface area contributed by atoms with Crippen molar-refractivity contribution in [3.05, 3.63) is 30.1 Å². The zero-order valence-corrected chi connectivity index (χ0v) is 12.7. The molecule has 1 aliphatic rings. The Morgan fingerprint density at radius 2 is 2.20 bits per heavy atom. The summed E-state index contributed by atoms with van der Waals surface area (Å²) in [6.07, 6.45) is 3.30. The summed E-state index contributed by atoms with van der Waals surface area (Å²) in [5.41, 5.74) is 0.897. The second kappa shape index (κ2) is 6.49. The number of hydrogen-bond donors (Lipinski definition) is 2. The molecular formula is C13H16N2O3S2. The molecule has 5 nitrogen and oxygen atoms in total. The van der Waals surface area contributed by atoms with E-state index in [9.17, 15) is 14.7 Å². The number of thioether (sulfide) groups is 1. The largest absolute Gasteiger partial charge is 0.480 e. The minimum Gasteiger partial charge on any atom is -0.480 e. The van der Waals surface area contributed by atoms with Crippen LogP contribution in [0.3, 0.4) is 0 Å². The van der Waals surface area contributed by atoms with Gasteiger partial charge in [0.1, 0.15) is 11.4 Å². The van der Waals surface area contributed by atoms with Gasteiger partial charge < -0.3 is 10.0 Å². The van der Waals surface area contributed by atoms with Gasteiger partial charge >= 0.3 is 5.97 Å². The van der Waals surface area contributed by atoms with E-state index in [-0.39, 0.29) is 17.2 Å². The first kappa shape index (κ1) is 15.2. The first-order valence-electron chi connectivity index (χ1n) is 6.23. The maximum atomic E-state index is 12.5. The smallest absolute Gasteiger partial charge is 0.327 e. The van der Waals surface area contributed by atoms with Gasteiger partial charge in [-0.2, -0.15) is 12.6 Å². The van der Waals surface area contributed by atoms with Gasteiger partial charge in [-0.3, -0.25) is 9.78 Å². The standard InChI is InChI=1S/C13H16N2O3S2/c1-8(6-19)11(16)15-10(13(17)18)7-20-12(15)9-2-4-14-5-3-9/h2-5,8,10,12,19H,6-7H2,1H3,(H,17,18)/t8-,10+,12?/m1/s1. The molecule has 1 amide bonds. The minimum atomic E-state index is -0.964. The van der Waals surface area contributed by atoms with Crippen LogP contribution in [-0.2, 0) is 9.59 Å². The average Bonchev–Trinajstić information content (AvgIpc) is 2.91. The van der Waals surface area contributed by atoms with Gasteiger partial charge in [0.05, 0.1) is 0 Å². The molecule has 1 aromatic rings. The molecule has 1 saturated heterocycles. The number of carboxylic acids is 1. The van der Waals surface area contributed by atoms with Gasteiger partial charge in [-0.05, 0) is 17.7 Å². The molecule has 0 bridgehead atoms. The Hall–Kier alpha value is -1.21. The van der Waals surface area contributed by atoms with Crippen LogP contribution in [0.1, 0.15) is 17.9 Å². The molecule has 3 atom stereocenters. The maximum absolute atomic E-state index is 12.5. The molecule has 0 radical (unpaired) electrons. The lowest BCUT2D eigenvalue weighted by molar-refractivity contribution is -0.150. The number of carbonyl (C=O) groups excluding carboxylic acids is 1. The molecule has 0 saturated carbocycles. The third-order valence-corrected chi connectivity index (χ3v) is 5.10. The number of carboxylic acid groups (broad SMARTS) is 1. The highest BCUT2D eigenvalue weighted by molar-refractivity contribution is 7.99. The summed E-state index contributed by atoms with van der Waals surface area (Å²) in [4.78, 5) is 29.3. The summed E-state index contributed by atoms with van der Waals surface area (Å²) in [6.45, 7) is 1.76. The van der Waals surface area contributed by atoms with Crippen molar-refractivity contribution < 1.29 is 14.7 Å². The van der Waals surface area contributed by atoms with Crippen molar-refractivity contribution in [3.8, 4) is 0 Å². The Morgan fingerprint density at radius 3 is 2.75 bits per heavy atom. The lowest BCUT2D eigenvalue weighted by Crippen LogP contribution is -2.45. The van der Waals surface area contributed by atoms with Crippen LogP contribution in [0.25, 0.3) is 0 Å². The average molecular weight is 312 g/mol. The van der Waals surface area contributed by atoms with Crippen molar-refractivity contribution >= 4 is 36.3 Å². The van der Waals surface area contributed by atoms with E-state index in [0.29, 0.717) is 11.5 Å². The second-order valence-corrected chi connectivity index (χ2v) is 6.13. The summed E-state index contributed by atoms with van der Waals surface area (Å²) < 4.78 is 0.